The van der Waals surface area contributed by atoms with E-state index in [9.17, 15) is 14.4 Å². The molecule has 0 aliphatic rings. The van der Waals surface area contributed by atoms with Crippen molar-refractivity contribution in [2.45, 2.75) is 27.7 Å². The van der Waals surface area contributed by atoms with E-state index in [0.29, 0.717) is 10.2 Å². The van der Waals surface area contributed by atoms with Crippen molar-refractivity contribution >= 4 is 74.4 Å². The summed E-state index contributed by atoms with van der Waals surface area (Å²) in [5.41, 5.74) is 0.755. The third kappa shape index (κ3) is 7.03. The molecule has 0 unspecified atom stereocenters. The zero-order chi connectivity index (χ0) is 26.3. The molecule has 0 saturated heterocycles. The van der Waals surface area contributed by atoms with Crippen LogP contribution < -0.4 is 15.6 Å². The first-order valence-corrected chi connectivity index (χ1v) is 14.0. The lowest BCUT2D eigenvalue weighted by molar-refractivity contribution is -0.170. The van der Waals surface area contributed by atoms with Crippen molar-refractivity contribution in [3.8, 4) is 0 Å². The zero-order valence-corrected chi connectivity index (χ0v) is 23.9. The summed E-state index contributed by atoms with van der Waals surface area (Å²) < 4.78 is 16.2. The van der Waals surface area contributed by atoms with Gasteiger partial charge in [0.25, 0.3) is 5.41 Å². The lowest BCUT2D eigenvalue weighted by Gasteiger charge is -2.24. The Morgan fingerprint density at radius 2 is 1.03 bits per heavy atom. The Morgan fingerprint density at radius 1 is 0.639 bits per heavy atom. The number of benzene rings is 3. The highest BCUT2D eigenvalue weighted by molar-refractivity contribution is 6.56. The predicted octanol–water partition coefficient (Wildman–Crippen LogP) is 2.04. The van der Waals surface area contributed by atoms with Crippen LogP contribution in [0.1, 0.15) is 23.6 Å². The SMILES string of the molecule is Cc1ccc([Si]OC(=O)C(C)(C(=O)O[Si]c2ccc(C)cc2)C(=O)O[Si]c2ccc(C)cc2Cl)cc1. The largest absolute Gasteiger partial charge is 0.510 e. The summed E-state index contributed by atoms with van der Waals surface area (Å²) in [6, 6.07) is 20.1. The van der Waals surface area contributed by atoms with Gasteiger partial charge >= 0.3 is 47.2 Å². The quantitative estimate of drug-likeness (QED) is 0.300. The van der Waals surface area contributed by atoms with Gasteiger partial charge < -0.3 is 13.3 Å². The van der Waals surface area contributed by atoms with E-state index in [0.717, 1.165) is 27.1 Å². The minimum Gasteiger partial charge on any atom is -0.510 e. The summed E-state index contributed by atoms with van der Waals surface area (Å²) in [7, 11) is -1.30. The van der Waals surface area contributed by atoms with E-state index in [4.69, 9.17) is 24.9 Å². The molecule has 3 rings (SSSR count). The van der Waals surface area contributed by atoms with Crippen LogP contribution in [-0.2, 0) is 27.7 Å². The molecular formula is C26H23ClO6Si3. The van der Waals surface area contributed by atoms with Crippen LogP contribution in [0.25, 0.3) is 0 Å². The molecule has 6 nitrogen and oxygen atoms in total. The molecule has 3 aromatic rings. The Bertz CT molecular complexity index is 1180. The van der Waals surface area contributed by atoms with Crippen molar-refractivity contribution < 1.29 is 27.7 Å². The Balaban J connectivity index is 1.77. The highest BCUT2D eigenvalue weighted by atomic mass is 35.5. The highest BCUT2D eigenvalue weighted by Crippen LogP contribution is 2.23. The standard InChI is InChI=1S/C26H23ClO6Si3/c1-16-5-10-19(11-6-16)34-31-23(28)26(4,24(29)32-35-20-12-7-17(2)8-13-20)25(30)33-36-22-14-9-18(3)15-21(22)27/h5-15H,1-4H3. The number of carbonyl (C=O) groups is 3. The van der Waals surface area contributed by atoms with Crippen molar-refractivity contribution in [1.29, 1.82) is 0 Å². The number of hydrogen-bond acceptors (Lipinski definition) is 6. The number of aryl methyl sites for hydroxylation is 3. The van der Waals surface area contributed by atoms with Crippen LogP contribution in [-0.4, -0.2) is 47.2 Å². The van der Waals surface area contributed by atoms with Crippen LogP contribution in [0.15, 0.2) is 66.7 Å². The Labute approximate surface area is 223 Å². The molecule has 182 valence electrons. The second kappa shape index (κ2) is 12.3. The molecule has 0 N–H and O–H groups in total. The molecule has 0 aliphatic carbocycles. The summed E-state index contributed by atoms with van der Waals surface area (Å²) in [6.07, 6.45) is 0. The molecule has 0 saturated carbocycles. The molecule has 0 bridgehead atoms. The topological polar surface area (TPSA) is 78.9 Å². The van der Waals surface area contributed by atoms with Crippen LogP contribution in [0, 0.1) is 26.2 Å². The fourth-order valence-corrected chi connectivity index (χ4v) is 5.33. The summed E-state index contributed by atoms with van der Waals surface area (Å²) in [4.78, 5) is 39.4. The molecule has 36 heavy (non-hydrogen) atoms. The summed E-state index contributed by atoms with van der Waals surface area (Å²) in [5, 5.41) is 2.48. The Hall–Kier alpha value is -2.99. The van der Waals surface area contributed by atoms with Crippen molar-refractivity contribution in [1.82, 2.24) is 0 Å². The van der Waals surface area contributed by atoms with Crippen molar-refractivity contribution in [2.75, 3.05) is 0 Å². The fourth-order valence-electron chi connectivity index (χ4n) is 2.81. The van der Waals surface area contributed by atoms with Gasteiger partial charge in [0.2, 0.25) is 0 Å². The lowest BCUT2D eigenvalue weighted by Crippen LogP contribution is -2.49. The predicted molar refractivity (Wildman–Crippen MR) is 141 cm³/mol. The van der Waals surface area contributed by atoms with E-state index in [2.05, 4.69) is 0 Å². The minimum atomic E-state index is -2.31. The molecule has 0 aromatic heterocycles. The van der Waals surface area contributed by atoms with Gasteiger partial charge in [0.05, 0.1) is 0 Å². The van der Waals surface area contributed by atoms with Gasteiger partial charge in [-0.3, -0.25) is 14.4 Å². The van der Waals surface area contributed by atoms with Crippen LogP contribution in [0.3, 0.4) is 0 Å². The first-order valence-electron chi connectivity index (χ1n) is 10.9. The van der Waals surface area contributed by atoms with Crippen LogP contribution in [0.4, 0.5) is 0 Å². The molecule has 0 amide bonds. The average Bonchev–Trinajstić information content (AvgIpc) is 2.86. The van der Waals surface area contributed by atoms with E-state index < -0.39 is 52.6 Å². The van der Waals surface area contributed by atoms with Gasteiger partial charge in [0, 0.05) is 5.02 Å². The Morgan fingerprint density at radius 3 is 1.44 bits per heavy atom. The number of hydrogen-bond donors (Lipinski definition) is 0. The molecule has 0 atom stereocenters. The smallest absolute Gasteiger partial charge is 0.356 e. The summed E-state index contributed by atoms with van der Waals surface area (Å²) in [6.45, 7) is 6.94. The molecular weight excluding hydrogens is 528 g/mol. The van der Waals surface area contributed by atoms with E-state index in [1.807, 2.05) is 75.4 Å². The minimum absolute atomic E-state index is 0.397. The van der Waals surface area contributed by atoms with Crippen molar-refractivity contribution in [3.05, 3.63) is 88.4 Å². The normalized spacial score (nSPS) is 11.0. The lowest BCUT2D eigenvalue weighted by atomic mass is 9.91. The summed E-state index contributed by atoms with van der Waals surface area (Å²) >= 11 is 6.24. The van der Waals surface area contributed by atoms with Gasteiger partial charge in [-0.2, -0.15) is 0 Å². The monoisotopic (exact) mass is 550 g/mol. The first kappa shape index (κ1) is 27.6. The van der Waals surface area contributed by atoms with Crippen LogP contribution in [0.2, 0.25) is 5.02 Å². The number of halogens is 1. The fraction of sp³-hybridized carbons (Fsp3) is 0.192. The molecule has 0 aliphatic heterocycles. The van der Waals surface area contributed by atoms with E-state index in [1.165, 1.54) is 6.92 Å². The maximum atomic E-state index is 13.2. The molecule has 0 spiro atoms. The van der Waals surface area contributed by atoms with Gasteiger partial charge in [-0.1, -0.05) is 83.4 Å². The molecule has 10 heteroatoms. The van der Waals surface area contributed by atoms with Gasteiger partial charge in [0.1, 0.15) is 0 Å². The van der Waals surface area contributed by atoms with Crippen molar-refractivity contribution in [2.24, 2.45) is 5.41 Å². The van der Waals surface area contributed by atoms with E-state index >= 15 is 0 Å². The maximum absolute atomic E-state index is 13.2. The van der Waals surface area contributed by atoms with Gasteiger partial charge in [-0.25, -0.2) is 0 Å². The maximum Gasteiger partial charge on any atom is 0.356 e. The van der Waals surface area contributed by atoms with Gasteiger partial charge in [-0.05, 0) is 54.9 Å². The van der Waals surface area contributed by atoms with Crippen LogP contribution >= 0.6 is 11.6 Å². The van der Waals surface area contributed by atoms with E-state index in [-0.39, 0.29) is 0 Å². The average molecular weight is 551 g/mol. The molecule has 0 fully saturated rings. The number of rotatable bonds is 9. The van der Waals surface area contributed by atoms with Crippen LogP contribution in [0.5, 0.6) is 0 Å². The van der Waals surface area contributed by atoms with Crippen molar-refractivity contribution in [3.63, 3.8) is 0 Å². The van der Waals surface area contributed by atoms with Gasteiger partial charge in [0.15, 0.2) is 0 Å². The molecule has 0 heterocycles. The Kier molecular flexibility index (Phi) is 9.43. The highest BCUT2D eigenvalue weighted by Gasteiger charge is 2.53. The summed E-state index contributed by atoms with van der Waals surface area (Å²) in [5.74, 6) is -3.13. The second-order valence-electron chi connectivity index (χ2n) is 8.32. The van der Waals surface area contributed by atoms with Gasteiger partial charge in [-0.15, -0.1) is 0 Å². The van der Waals surface area contributed by atoms with E-state index in [1.54, 1.807) is 12.1 Å². The molecule has 3 aromatic carbocycles. The third-order valence-corrected chi connectivity index (χ3v) is 8.36. The number of carbonyl (C=O) groups excluding carboxylic acids is 3. The second-order valence-corrected chi connectivity index (χ2v) is 11.6. The molecule has 6 radical (unpaired) electrons. The zero-order valence-electron chi connectivity index (χ0n) is 20.2. The third-order valence-electron chi connectivity index (χ3n) is 5.23. The first-order chi connectivity index (χ1) is 17.1.